The minimum absolute atomic E-state index is 0.193. The number of aromatic nitrogens is 2. The number of halogens is 4. The summed E-state index contributed by atoms with van der Waals surface area (Å²) >= 11 is 16.0. The Morgan fingerprint density at radius 1 is 1.06 bits per heavy atom. The van der Waals surface area contributed by atoms with Crippen molar-refractivity contribution >= 4 is 70.9 Å². The molecule has 1 heterocycles. The molecule has 1 aromatic heterocycles. The molecule has 0 radical (unpaired) electrons. The number of hydrogen-bond donors (Lipinski definition) is 1. The first-order chi connectivity index (χ1) is 8.08. The van der Waals surface area contributed by atoms with Gasteiger partial charge in [-0.25, -0.2) is 4.98 Å². The zero-order valence-corrected chi connectivity index (χ0v) is 13.7. The molecule has 0 atom stereocenters. The summed E-state index contributed by atoms with van der Waals surface area (Å²) in [6.07, 6.45) is 1.60. The van der Waals surface area contributed by atoms with Crippen molar-refractivity contribution in [1.29, 1.82) is 0 Å². The molecule has 0 fully saturated rings. The van der Waals surface area contributed by atoms with Crippen molar-refractivity contribution in [3.63, 3.8) is 0 Å². The van der Waals surface area contributed by atoms with Crippen LogP contribution in [-0.4, -0.2) is 9.97 Å². The Bertz CT molecular complexity index is 542. The van der Waals surface area contributed by atoms with Gasteiger partial charge in [0.25, 0.3) is 0 Å². The van der Waals surface area contributed by atoms with Crippen LogP contribution in [0.4, 0.5) is 11.5 Å². The maximum atomic E-state index is 5.76. The third kappa shape index (κ3) is 3.19. The van der Waals surface area contributed by atoms with E-state index >= 15 is 0 Å². The number of rotatable bonds is 2. The molecule has 0 aliphatic heterocycles. The molecule has 0 bridgehead atoms. The number of nitrogens with one attached hydrogen (secondary N) is 1. The lowest BCUT2D eigenvalue weighted by Gasteiger charge is -2.11. The van der Waals surface area contributed by atoms with Crippen LogP contribution in [0.5, 0.6) is 0 Å². The fraction of sp³-hybridized carbons (Fsp3) is 0. The van der Waals surface area contributed by atoms with Crippen molar-refractivity contribution in [3.05, 3.63) is 43.1 Å². The van der Waals surface area contributed by atoms with E-state index in [1.54, 1.807) is 6.20 Å². The molecule has 0 unspecified atom stereocenters. The standard InChI is InChI=1S/C10H5Br3ClN3/c11-5-2-1-3-6(12)8(5)16-9-7(13)4-15-10(14)17-9/h1-4H,(H,15,16,17). The summed E-state index contributed by atoms with van der Waals surface area (Å²) in [7, 11) is 0. The van der Waals surface area contributed by atoms with Crippen LogP contribution >= 0.6 is 59.4 Å². The van der Waals surface area contributed by atoms with Crippen LogP contribution in [0.15, 0.2) is 37.8 Å². The van der Waals surface area contributed by atoms with Crippen LogP contribution in [0.2, 0.25) is 5.28 Å². The smallest absolute Gasteiger partial charge is 0.224 e. The predicted molar refractivity (Wildman–Crippen MR) is 79.9 cm³/mol. The molecule has 0 saturated heterocycles. The van der Waals surface area contributed by atoms with E-state index in [1.165, 1.54) is 0 Å². The normalized spacial score (nSPS) is 10.4. The summed E-state index contributed by atoms with van der Waals surface area (Å²) in [6, 6.07) is 5.80. The maximum Gasteiger partial charge on any atom is 0.224 e. The number of nitrogens with zero attached hydrogens (tertiary/aromatic N) is 2. The van der Waals surface area contributed by atoms with Gasteiger partial charge in [-0.2, -0.15) is 4.98 Å². The highest BCUT2D eigenvalue weighted by molar-refractivity contribution is 9.11. The largest absolute Gasteiger partial charge is 0.337 e. The van der Waals surface area contributed by atoms with Crippen LogP contribution in [0.1, 0.15) is 0 Å². The fourth-order valence-corrected chi connectivity index (χ4v) is 2.79. The molecular formula is C10H5Br3ClN3. The van der Waals surface area contributed by atoms with E-state index in [4.69, 9.17) is 11.6 Å². The molecule has 3 nitrogen and oxygen atoms in total. The summed E-state index contributed by atoms with van der Waals surface area (Å²) in [5.74, 6) is 0.609. The van der Waals surface area contributed by atoms with Gasteiger partial charge in [-0.3, -0.25) is 0 Å². The molecule has 0 spiro atoms. The second-order valence-corrected chi connectivity index (χ2v) is 5.96. The van der Waals surface area contributed by atoms with Crippen LogP contribution in [0, 0.1) is 0 Å². The minimum atomic E-state index is 0.193. The summed E-state index contributed by atoms with van der Waals surface area (Å²) < 4.78 is 2.59. The number of anilines is 2. The lowest BCUT2D eigenvalue weighted by atomic mass is 10.3. The van der Waals surface area contributed by atoms with Gasteiger partial charge in [-0.05, 0) is 71.5 Å². The Morgan fingerprint density at radius 2 is 1.71 bits per heavy atom. The third-order valence-electron chi connectivity index (χ3n) is 1.92. The molecule has 7 heteroatoms. The summed E-state index contributed by atoms with van der Waals surface area (Å²) in [5.41, 5.74) is 0.878. The van der Waals surface area contributed by atoms with Gasteiger partial charge < -0.3 is 5.32 Å². The first-order valence-corrected chi connectivity index (χ1v) is 7.22. The first-order valence-electron chi connectivity index (χ1n) is 4.47. The number of para-hydroxylation sites is 1. The van der Waals surface area contributed by atoms with Gasteiger partial charge in [0, 0.05) is 15.1 Å². The zero-order valence-electron chi connectivity index (χ0n) is 8.22. The molecule has 2 aromatic rings. The van der Waals surface area contributed by atoms with Gasteiger partial charge in [0.1, 0.15) is 5.82 Å². The average molecular weight is 442 g/mol. The second-order valence-electron chi connectivity index (χ2n) is 3.06. The Kier molecular flexibility index (Phi) is 4.41. The molecule has 0 aliphatic carbocycles. The van der Waals surface area contributed by atoms with Gasteiger partial charge in [0.2, 0.25) is 5.28 Å². The highest BCUT2D eigenvalue weighted by Crippen LogP contribution is 2.34. The van der Waals surface area contributed by atoms with Crippen LogP contribution < -0.4 is 5.32 Å². The quantitative estimate of drug-likeness (QED) is 0.653. The van der Waals surface area contributed by atoms with Crippen molar-refractivity contribution < 1.29 is 0 Å². The lowest BCUT2D eigenvalue weighted by Crippen LogP contribution is -1.98. The first kappa shape index (κ1) is 13.3. The van der Waals surface area contributed by atoms with E-state index in [-0.39, 0.29) is 5.28 Å². The molecule has 0 aliphatic rings. The highest BCUT2D eigenvalue weighted by atomic mass is 79.9. The van der Waals surface area contributed by atoms with Gasteiger partial charge in [-0.15, -0.1) is 0 Å². The van der Waals surface area contributed by atoms with E-state index in [1.807, 2.05) is 18.2 Å². The molecule has 1 N–H and O–H groups in total. The molecule has 0 saturated carbocycles. The van der Waals surface area contributed by atoms with E-state index in [9.17, 15) is 0 Å². The zero-order chi connectivity index (χ0) is 12.4. The van der Waals surface area contributed by atoms with E-state index in [0.29, 0.717) is 5.82 Å². The van der Waals surface area contributed by atoms with Crippen LogP contribution in [-0.2, 0) is 0 Å². The number of benzene rings is 1. The summed E-state index contributed by atoms with van der Waals surface area (Å²) in [5, 5.41) is 3.37. The van der Waals surface area contributed by atoms with E-state index in [2.05, 4.69) is 63.1 Å². The fourth-order valence-electron chi connectivity index (χ4n) is 1.17. The molecule has 0 amide bonds. The Morgan fingerprint density at radius 3 is 2.35 bits per heavy atom. The van der Waals surface area contributed by atoms with Crippen molar-refractivity contribution in [2.75, 3.05) is 5.32 Å². The van der Waals surface area contributed by atoms with Crippen LogP contribution in [0.3, 0.4) is 0 Å². The number of hydrogen-bond acceptors (Lipinski definition) is 3. The van der Waals surface area contributed by atoms with Crippen molar-refractivity contribution in [1.82, 2.24) is 9.97 Å². The monoisotopic (exact) mass is 439 g/mol. The molecule has 1 aromatic carbocycles. The molecule has 88 valence electrons. The summed E-state index contributed by atoms with van der Waals surface area (Å²) in [6.45, 7) is 0. The second kappa shape index (κ2) is 5.65. The minimum Gasteiger partial charge on any atom is -0.337 e. The van der Waals surface area contributed by atoms with Gasteiger partial charge in [0.15, 0.2) is 0 Å². The van der Waals surface area contributed by atoms with E-state index < -0.39 is 0 Å². The highest BCUT2D eigenvalue weighted by Gasteiger charge is 2.09. The molecular weight excluding hydrogens is 437 g/mol. The van der Waals surface area contributed by atoms with Gasteiger partial charge in [0.05, 0.1) is 10.2 Å². The third-order valence-corrected chi connectivity index (χ3v) is 4.00. The van der Waals surface area contributed by atoms with Gasteiger partial charge >= 0.3 is 0 Å². The van der Waals surface area contributed by atoms with Crippen LogP contribution in [0.25, 0.3) is 0 Å². The van der Waals surface area contributed by atoms with Gasteiger partial charge in [-0.1, -0.05) is 6.07 Å². The SMILES string of the molecule is Clc1ncc(Br)c(Nc2c(Br)cccc2Br)n1. The van der Waals surface area contributed by atoms with Crippen molar-refractivity contribution in [2.45, 2.75) is 0 Å². The predicted octanol–water partition coefficient (Wildman–Crippen LogP) is 5.16. The Labute approximate surface area is 128 Å². The average Bonchev–Trinajstić information content (AvgIpc) is 2.28. The Hall–Kier alpha value is -0.170. The maximum absolute atomic E-state index is 5.76. The van der Waals surface area contributed by atoms with Crippen molar-refractivity contribution in [3.8, 4) is 0 Å². The molecule has 17 heavy (non-hydrogen) atoms. The molecule has 2 rings (SSSR count). The lowest BCUT2D eigenvalue weighted by molar-refractivity contribution is 1.15. The van der Waals surface area contributed by atoms with E-state index in [0.717, 1.165) is 19.1 Å². The summed E-state index contributed by atoms with van der Waals surface area (Å²) in [4.78, 5) is 7.97. The topological polar surface area (TPSA) is 37.8 Å². The van der Waals surface area contributed by atoms with Crippen molar-refractivity contribution in [2.24, 2.45) is 0 Å². The Balaban J connectivity index is 2.41.